The number of hydrogen-bond acceptors (Lipinski definition) is 3. The summed E-state index contributed by atoms with van der Waals surface area (Å²) in [5.41, 5.74) is 6.11. The number of hydrazone groups is 1. The SMILES string of the molecule is CCN1c2cc(F)c(/C=N\NC(=O)c3ccc4ccccc4c3)cc2C(C)=CC1(C)C. The first-order valence-electron chi connectivity index (χ1n) is 10.4. The van der Waals surface area contributed by atoms with Crippen LogP contribution in [-0.2, 0) is 0 Å². The van der Waals surface area contributed by atoms with Crippen LogP contribution in [-0.4, -0.2) is 24.2 Å². The third-order valence-corrected chi connectivity index (χ3v) is 5.79. The fourth-order valence-electron chi connectivity index (χ4n) is 4.35. The largest absolute Gasteiger partial charge is 0.363 e. The Kier molecular flexibility index (Phi) is 5.36. The third-order valence-electron chi connectivity index (χ3n) is 5.79. The predicted molar refractivity (Wildman–Crippen MR) is 126 cm³/mol. The summed E-state index contributed by atoms with van der Waals surface area (Å²) >= 11 is 0. The quantitative estimate of drug-likeness (QED) is 0.435. The number of rotatable bonds is 4. The maximum atomic E-state index is 14.8. The summed E-state index contributed by atoms with van der Waals surface area (Å²) in [6.07, 6.45) is 3.55. The standard InChI is InChI=1S/C26H26FN3O/c1-5-30-24-14-23(27)21(13-22(24)17(2)15-26(30,3)4)16-28-29-25(31)20-11-10-18-8-6-7-9-19(18)12-20/h6-16H,5H2,1-4H3,(H,29,31)/b28-16-. The number of likely N-dealkylation sites (N-methyl/N-ethyl adjacent to an activating group) is 1. The highest BCUT2D eigenvalue weighted by molar-refractivity contribution is 5.99. The van der Waals surface area contributed by atoms with Gasteiger partial charge in [-0.25, -0.2) is 9.82 Å². The molecule has 1 amide bonds. The molecule has 0 fully saturated rings. The summed E-state index contributed by atoms with van der Waals surface area (Å²) in [5, 5.41) is 6.04. The monoisotopic (exact) mass is 415 g/mol. The van der Waals surface area contributed by atoms with Crippen molar-refractivity contribution in [2.75, 3.05) is 11.4 Å². The molecule has 1 aliphatic heterocycles. The minimum atomic E-state index is -0.369. The maximum absolute atomic E-state index is 14.8. The zero-order valence-electron chi connectivity index (χ0n) is 18.2. The van der Waals surface area contributed by atoms with Crippen molar-refractivity contribution in [2.24, 2.45) is 5.10 Å². The highest BCUT2D eigenvalue weighted by atomic mass is 19.1. The van der Waals surface area contributed by atoms with Crippen LogP contribution >= 0.6 is 0 Å². The number of benzene rings is 3. The van der Waals surface area contributed by atoms with Crippen molar-refractivity contribution in [3.05, 3.63) is 83.2 Å². The topological polar surface area (TPSA) is 44.7 Å². The Morgan fingerprint density at radius 3 is 2.61 bits per heavy atom. The van der Waals surface area contributed by atoms with Gasteiger partial charge in [-0.05, 0) is 68.3 Å². The molecule has 0 bridgehead atoms. The van der Waals surface area contributed by atoms with Gasteiger partial charge in [0.15, 0.2) is 0 Å². The van der Waals surface area contributed by atoms with Gasteiger partial charge in [0.05, 0.1) is 11.8 Å². The van der Waals surface area contributed by atoms with Gasteiger partial charge in [0.2, 0.25) is 0 Å². The van der Waals surface area contributed by atoms with E-state index in [9.17, 15) is 9.18 Å². The average molecular weight is 416 g/mol. The highest BCUT2D eigenvalue weighted by Gasteiger charge is 2.30. The highest BCUT2D eigenvalue weighted by Crippen LogP contribution is 2.39. The molecule has 4 nitrogen and oxygen atoms in total. The summed E-state index contributed by atoms with van der Waals surface area (Å²) in [7, 11) is 0. The molecule has 158 valence electrons. The molecule has 31 heavy (non-hydrogen) atoms. The summed E-state index contributed by atoms with van der Waals surface area (Å²) in [6, 6.07) is 16.6. The van der Waals surface area contributed by atoms with Crippen molar-refractivity contribution in [3.63, 3.8) is 0 Å². The van der Waals surface area contributed by atoms with Crippen LogP contribution in [0.5, 0.6) is 0 Å². The lowest BCUT2D eigenvalue weighted by molar-refractivity contribution is 0.0955. The van der Waals surface area contributed by atoms with Gasteiger partial charge >= 0.3 is 0 Å². The van der Waals surface area contributed by atoms with Gasteiger partial charge in [-0.15, -0.1) is 0 Å². The lowest BCUT2D eigenvalue weighted by Crippen LogP contribution is -2.45. The zero-order valence-corrected chi connectivity index (χ0v) is 18.2. The van der Waals surface area contributed by atoms with Crippen LogP contribution in [0.3, 0.4) is 0 Å². The van der Waals surface area contributed by atoms with Crippen molar-refractivity contribution in [2.45, 2.75) is 33.2 Å². The number of fused-ring (bicyclic) bond motifs is 2. The molecule has 0 aromatic heterocycles. The Balaban J connectivity index is 1.57. The Morgan fingerprint density at radius 1 is 1.13 bits per heavy atom. The molecule has 3 aromatic carbocycles. The number of nitrogens with one attached hydrogen (secondary N) is 1. The van der Waals surface area contributed by atoms with Gasteiger partial charge < -0.3 is 4.90 Å². The predicted octanol–water partition coefficient (Wildman–Crippen LogP) is 5.76. The molecule has 4 rings (SSSR count). The molecule has 0 aliphatic carbocycles. The Bertz CT molecular complexity index is 1230. The van der Waals surface area contributed by atoms with E-state index in [0.717, 1.165) is 34.1 Å². The smallest absolute Gasteiger partial charge is 0.271 e. The van der Waals surface area contributed by atoms with E-state index in [4.69, 9.17) is 0 Å². The summed E-state index contributed by atoms with van der Waals surface area (Å²) < 4.78 is 14.8. The fourth-order valence-corrected chi connectivity index (χ4v) is 4.35. The van der Waals surface area contributed by atoms with Gasteiger partial charge in [0.25, 0.3) is 5.91 Å². The lowest BCUT2D eigenvalue weighted by Gasteiger charge is -2.42. The van der Waals surface area contributed by atoms with Crippen LogP contribution < -0.4 is 10.3 Å². The average Bonchev–Trinajstić information content (AvgIpc) is 2.73. The molecule has 0 saturated heterocycles. The van der Waals surface area contributed by atoms with E-state index >= 15 is 0 Å². The molecular formula is C26H26FN3O. The summed E-state index contributed by atoms with van der Waals surface area (Å²) in [4.78, 5) is 14.6. The van der Waals surface area contributed by atoms with E-state index in [-0.39, 0.29) is 17.3 Å². The molecule has 0 atom stereocenters. The van der Waals surface area contributed by atoms with E-state index in [2.05, 4.69) is 42.3 Å². The molecule has 0 unspecified atom stereocenters. The van der Waals surface area contributed by atoms with Crippen molar-refractivity contribution >= 4 is 34.2 Å². The fraction of sp³-hybridized carbons (Fsp3) is 0.231. The van der Waals surface area contributed by atoms with E-state index in [1.54, 1.807) is 18.2 Å². The first-order chi connectivity index (χ1) is 14.8. The number of hydrogen-bond donors (Lipinski definition) is 1. The van der Waals surface area contributed by atoms with E-state index in [1.165, 1.54) is 6.21 Å². The molecular weight excluding hydrogens is 389 g/mol. The van der Waals surface area contributed by atoms with Gasteiger partial charge in [0, 0.05) is 28.9 Å². The molecule has 5 heteroatoms. The Morgan fingerprint density at radius 2 is 1.87 bits per heavy atom. The second-order valence-electron chi connectivity index (χ2n) is 8.38. The second-order valence-corrected chi connectivity index (χ2v) is 8.38. The Hall–Kier alpha value is -3.47. The number of nitrogens with zero attached hydrogens (tertiary/aromatic N) is 2. The normalized spacial score (nSPS) is 15.1. The van der Waals surface area contributed by atoms with Gasteiger partial charge in [-0.2, -0.15) is 5.10 Å². The van der Waals surface area contributed by atoms with Gasteiger partial charge in [0.1, 0.15) is 5.82 Å². The molecule has 1 heterocycles. The van der Waals surface area contributed by atoms with Crippen LogP contribution in [0, 0.1) is 5.82 Å². The summed E-state index contributed by atoms with van der Waals surface area (Å²) in [5.74, 6) is -0.707. The van der Waals surface area contributed by atoms with Gasteiger partial charge in [-0.3, -0.25) is 4.79 Å². The minimum absolute atomic E-state index is 0.179. The first kappa shape index (κ1) is 20.8. The van der Waals surface area contributed by atoms with E-state index in [1.807, 2.05) is 43.3 Å². The van der Waals surface area contributed by atoms with Crippen molar-refractivity contribution in [1.82, 2.24) is 5.43 Å². The molecule has 1 N–H and O–H groups in total. The van der Waals surface area contributed by atoms with Crippen LogP contribution in [0.2, 0.25) is 0 Å². The first-order valence-corrected chi connectivity index (χ1v) is 10.4. The number of carbonyl (C=O) groups excluding carboxylic acids is 1. The van der Waals surface area contributed by atoms with Crippen LogP contribution in [0.1, 0.15) is 49.2 Å². The Labute approximate surface area is 182 Å². The molecule has 1 aliphatic rings. The number of allylic oxidation sites excluding steroid dienone is 1. The molecule has 3 aromatic rings. The van der Waals surface area contributed by atoms with Crippen molar-refractivity contribution in [1.29, 1.82) is 0 Å². The van der Waals surface area contributed by atoms with E-state index in [0.29, 0.717) is 11.1 Å². The second kappa shape index (κ2) is 7.99. The third kappa shape index (κ3) is 3.96. The van der Waals surface area contributed by atoms with Crippen molar-refractivity contribution < 1.29 is 9.18 Å². The summed E-state index contributed by atoms with van der Waals surface area (Å²) in [6.45, 7) is 9.12. The number of carbonyl (C=O) groups is 1. The number of halogens is 1. The maximum Gasteiger partial charge on any atom is 0.271 e. The minimum Gasteiger partial charge on any atom is -0.363 e. The van der Waals surface area contributed by atoms with Crippen LogP contribution in [0.4, 0.5) is 10.1 Å². The zero-order chi connectivity index (χ0) is 22.2. The van der Waals surface area contributed by atoms with Crippen LogP contribution in [0.15, 0.2) is 65.8 Å². The molecule has 0 spiro atoms. The number of amides is 1. The van der Waals surface area contributed by atoms with Crippen LogP contribution in [0.25, 0.3) is 16.3 Å². The lowest BCUT2D eigenvalue weighted by atomic mass is 9.88. The molecule has 0 radical (unpaired) electrons. The molecule has 0 saturated carbocycles. The van der Waals surface area contributed by atoms with Gasteiger partial charge in [-0.1, -0.05) is 36.4 Å². The number of anilines is 1. The van der Waals surface area contributed by atoms with Crippen molar-refractivity contribution in [3.8, 4) is 0 Å². The van der Waals surface area contributed by atoms with E-state index < -0.39 is 0 Å².